The highest BCUT2D eigenvalue weighted by Gasteiger charge is 2.26. The largest absolute Gasteiger partial charge is 0.327 e. The number of aromatic nitrogens is 2. The molecule has 0 bridgehead atoms. The van der Waals surface area contributed by atoms with Crippen LogP contribution in [0.4, 0.5) is 5.69 Å². The maximum Gasteiger partial charge on any atom is 0.227 e. The zero-order valence-electron chi connectivity index (χ0n) is 17.4. The molecule has 2 aromatic carbocycles. The van der Waals surface area contributed by atoms with Gasteiger partial charge < -0.3 is 9.88 Å². The molecule has 1 saturated heterocycles. The van der Waals surface area contributed by atoms with E-state index in [9.17, 15) is 4.79 Å². The van der Waals surface area contributed by atoms with Crippen LogP contribution in [0.3, 0.4) is 0 Å². The summed E-state index contributed by atoms with van der Waals surface area (Å²) >= 11 is 0. The van der Waals surface area contributed by atoms with E-state index >= 15 is 0 Å². The normalized spacial score (nSPS) is 15.7. The molecule has 1 aliphatic heterocycles. The maximum absolute atomic E-state index is 12.7. The van der Waals surface area contributed by atoms with Gasteiger partial charge in [-0.3, -0.25) is 9.69 Å². The third kappa shape index (κ3) is 4.35. The van der Waals surface area contributed by atoms with Crippen LogP contribution < -0.4 is 5.32 Å². The van der Waals surface area contributed by atoms with Crippen LogP contribution in [0.25, 0.3) is 11.0 Å². The van der Waals surface area contributed by atoms with E-state index in [4.69, 9.17) is 4.98 Å². The molecule has 0 atom stereocenters. The van der Waals surface area contributed by atoms with Gasteiger partial charge in [0.05, 0.1) is 17.6 Å². The van der Waals surface area contributed by atoms with E-state index in [1.54, 1.807) is 0 Å². The van der Waals surface area contributed by atoms with Crippen molar-refractivity contribution in [1.29, 1.82) is 0 Å². The topological polar surface area (TPSA) is 50.2 Å². The van der Waals surface area contributed by atoms with E-state index in [1.807, 2.05) is 18.2 Å². The monoisotopic (exact) mass is 390 g/mol. The molecule has 1 fully saturated rings. The lowest BCUT2D eigenvalue weighted by molar-refractivity contribution is -0.121. The predicted octanol–water partition coefficient (Wildman–Crippen LogP) is 4.47. The van der Waals surface area contributed by atoms with Gasteiger partial charge in [0.15, 0.2) is 0 Å². The number of para-hydroxylation sites is 2. The number of benzene rings is 2. The molecule has 0 radical (unpaired) electrons. The van der Waals surface area contributed by atoms with Crippen molar-refractivity contribution in [2.45, 2.75) is 46.2 Å². The van der Waals surface area contributed by atoms with Gasteiger partial charge in [-0.15, -0.1) is 0 Å². The van der Waals surface area contributed by atoms with Gasteiger partial charge in [-0.2, -0.15) is 0 Å². The molecule has 29 heavy (non-hydrogen) atoms. The van der Waals surface area contributed by atoms with Crippen molar-refractivity contribution in [3.8, 4) is 0 Å². The zero-order valence-corrected chi connectivity index (χ0v) is 17.4. The van der Waals surface area contributed by atoms with Crippen LogP contribution in [0.1, 0.15) is 38.1 Å². The Kier molecular flexibility index (Phi) is 5.95. The van der Waals surface area contributed by atoms with E-state index in [2.05, 4.69) is 59.0 Å². The first-order valence-electron chi connectivity index (χ1n) is 10.7. The van der Waals surface area contributed by atoms with Crippen LogP contribution in [0.2, 0.25) is 0 Å². The molecule has 0 aliphatic carbocycles. The minimum absolute atomic E-state index is 0.0847. The van der Waals surface area contributed by atoms with Gasteiger partial charge in [-0.05, 0) is 69.1 Å². The second-order valence-electron chi connectivity index (χ2n) is 7.85. The Morgan fingerprint density at radius 1 is 1.10 bits per heavy atom. The Morgan fingerprint density at radius 3 is 2.66 bits per heavy atom. The Hall–Kier alpha value is -2.66. The van der Waals surface area contributed by atoms with Crippen molar-refractivity contribution in [3.05, 3.63) is 59.9 Å². The van der Waals surface area contributed by atoms with Gasteiger partial charge in [-0.1, -0.05) is 31.2 Å². The number of piperidine rings is 1. The highest BCUT2D eigenvalue weighted by molar-refractivity contribution is 5.92. The van der Waals surface area contributed by atoms with Crippen LogP contribution in [0.15, 0.2) is 48.5 Å². The summed E-state index contributed by atoms with van der Waals surface area (Å²) < 4.78 is 2.30. The Morgan fingerprint density at radius 2 is 1.90 bits per heavy atom. The molecule has 0 unspecified atom stereocenters. The van der Waals surface area contributed by atoms with E-state index in [-0.39, 0.29) is 11.8 Å². The third-order valence-electron chi connectivity index (χ3n) is 5.98. The molecule has 5 nitrogen and oxygen atoms in total. The quantitative estimate of drug-likeness (QED) is 0.676. The lowest BCUT2D eigenvalue weighted by Gasteiger charge is -2.31. The number of rotatable bonds is 6. The number of nitrogens with zero attached hydrogens (tertiary/aromatic N) is 3. The molecular formula is C24H30N4O. The fraction of sp³-hybridized carbons (Fsp3) is 0.417. The van der Waals surface area contributed by atoms with Gasteiger partial charge >= 0.3 is 0 Å². The summed E-state index contributed by atoms with van der Waals surface area (Å²) in [4.78, 5) is 20.0. The molecule has 3 aromatic rings. The first-order valence-corrected chi connectivity index (χ1v) is 10.7. The SMILES string of the molecule is CCc1cccc(NC(=O)C2CCN(Cc3nc4ccccc4n3CC)CC2)c1. The molecule has 1 aromatic heterocycles. The smallest absolute Gasteiger partial charge is 0.227 e. The molecule has 0 saturated carbocycles. The van der Waals surface area contributed by atoms with Gasteiger partial charge in [0, 0.05) is 18.2 Å². The van der Waals surface area contributed by atoms with Crippen molar-refractivity contribution in [3.63, 3.8) is 0 Å². The first-order chi connectivity index (χ1) is 14.2. The number of likely N-dealkylation sites (tertiary alicyclic amines) is 1. The summed E-state index contributed by atoms with van der Waals surface area (Å²) in [6.45, 7) is 7.92. The number of imidazole rings is 1. The lowest BCUT2D eigenvalue weighted by atomic mass is 9.95. The Balaban J connectivity index is 1.35. The van der Waals surface area contributed by atoms with Gasteiger partial charge in [0.25, 0.3) is 0 Å². The fourth-order valence-electron chi connectivity index (χ4n) is 4.27. The minimum atomic E-state index is 0.0847. The number of hydrogen-bond acceptors (Lipinski definition) is 3. The number of nitrogens with one attached hydrogen (secondary N) is 1. The van der Waals surface area contributed by atoms with Crippen LogP contribution in [-0.4, -0.2) is 33.4 Å². The lowest BCUT2D eigenvalue weighted by Crippen LogP contribution is -2.38. The summed E-state index contributed by atoms with van der Waals surface area (Å²) in [5, 5.41) is 3.11. The maximum atomic E-state index is 12.7. The summed E-state index contributed by atoms with van der Waals surface area (Å²) in [6.07, 6.45) is 2.77. The highest BCUT2D eigenvalue weighted by Crippen LogP contribution is 2.23. The van der Waals surface area contributed by atoms with Gasteiger partial charge in [-0.25, -0.2) is 4.98 Å². The standard InChI is InChI=1S/C24H30N4O/c1-3-18-8-7-9-20(16-18)25-24(29)19-12-14-27(15-13-19)17-23-26-21-10-5-6-11-22(21)28(23)4-2/h5-11,16,19H,3-4,12-15,17H2,1-2H3,(H,25,29). The molecular weight excluding hydrogens is 360 g/mol. The molecule has 5 heteroatoms. The van der Waals surface area contributed by atoms with Gasteiger partial charge in [0.2, 0.25) is 5.91 Å². The summed E-state index contributed by atoms with van der Waals surface area (Å²) in [5.41, 5.74) is 4.42. The van der Waals surface area contributed by atoms with Gasteiger partial charge in [0.1, 0.15) is 5.82 Å². The summed E-state index contributed by atoms with van der Waals surface area (Å²) in [5.74, 6) is 1.35. The van der Waals surface area contributed by atoms with Crippen molar-refractivity contribution in [2.24, 2.45) is 5.92 Å². The van der Waals surface area contributed by atoms with Crippen molar-refractivity contribution < 1.29 is 4.79 Å². The number of hydrogen-bond donors (Lipinski definition) is 1. The zero-order chi connectivity index (χ0) is 20.2. The molecule has 152 valence electrons. The summed E-state index contributed by atoms with van der Waals surface area (Å²) in [6, 6.07) is 16.5. The van der Waals surface area contributed by atoms with Crippen molar-refractivity contribution in [2.75, 3.05) is 18.4 Å². The number of carbonyl (C=O) groups excluding carboxylic acids is 1. The average molecular weight is 391 g/mol. The molecule has 1 aliphatic rings. The van der Waals surface area contributed by atoms with Crippen molar-refractivity contribution >= 4 is 22.6 Å². The number of aryl methyl sites for hydroxylation is 2. The van der Waals surface area contributed by atoms with Crippen LogP contribution in [-0.2, 0) is 24.3 Å². The Bertz CT molecular complexity index is 985. The van der Waals surface area contributed by atoms with Crippen LogP contribution >= 0.6 is 0 Å². The molecule has 2 heterocycles. The average Bonchev–Trinajstić information content (AvgIpc) is 3.11. The molecule has 1 N–H and O–H groups in total. The molecule has 4 rings (SSSR count). The fourth-order valence-corrected chi connectivity index (χ4v) is 4.27. The van der Waals surface area contributed by atoms with E-state index < -0.39 is 0 Å². The number of carbonyl (C=O) groups is 1. The van der Waals surface area contributed by atoms with Crippen LogP contribution in [0.5, 0.6) is 0 Å². The molecule has 1 amide bonds. The van der Waals surface area contributed by atoms with Crippen LogP contribution in [0, 0.1) is 5.92 Å². The summed E-state index contributed by atoms with van der Waals surface area (Å²) in [7, 11) is 0. The van der Waals surface area contributed by atoms with E-state index in [1.165, 1.54) is 11.1 Å². The van der Waals surface area contributed by atoms with Crippen molar-refractivity contribution in [1.82, 2.24) is 14.5 Å². The first kappa shape index (κ1) is 19.6. The number of anilines is 1. The predicted molar refractivity (Wildman–Crippen MR) is 118 cm³/mol. The number of amides is 1. The highest BCUT2D eigenvalue weighted by atomic mass is 16.1. The second-order valence-corrected chi connectivity index (χ2v) is 7.85. The third-order valence-corrected chi connectivity index (χ3v) is 5.98. The number of fused-ring (bicyclic) bond motifs is 1. The molecule has 0 spiro atoms. The van der Waals surface area contributed by atoms with E-state index in [0.717, 1.165) is 62.5 Å². The Labute approximate surface area is 172 Å². The van der Waals surface area contributed by atoms with E-state index in [0.29, 0.717) is 0 Å². The second kappa shape index (κ2) is 8.78. The minimum Gasteiger partial charge on any atom is -0.327 e.